The Morgan fingerprint density at radius 3 is 2.22 bits per heavy atom. The van der Waals surface area contributed by atoms with Crippen LogP contribution < -0.4 is 16.5 Å². The number of hydrogen-bond donors (Lipinski definition) is 3. The zero-order valence-electron chi connectivity index (χ0n) is 34.8. The first-order chi connectivity index (χ1) is 25.2. The van der Waals surface area contributed by atoms with E-state index in [2.05, 4.69) is 70.5 Å². The fourth-order valence-electron chi connectivity index (χ4n) is 14.5. The highest BCUT2D eigenvalue weighted by molar-refractivity contribution is 6.12. The fourth-order valence-corrected chi connectivity index (χ4v) is 14.5. The van der Waals surface area contributed by atoms with E-state index in [0.29, 0.717) is 27.1 Å². The van der Waals surface area contributed by atoms with Gasteiger partial charge in [-0.1, -0.05) is 67.0 Å². The van der Waals surface area contributed by atoms with Crippen molar-refractivity contribution < 1.29 is 28.9 Å². The summed E-state index contributed by atoms with van der Waals surface area (Å²) in [6.45, 7) is 28.1. The van der Waals surface area contributed by atoms with Crippen molar-refractivity contribution in [3.05, 3.63) is 24.7 Å². The van der Waals surface area contributed by atoms with Crippen LogP contribution in [0.4, 0.5) is 0 Å². The Morgan fingerprint density at radius 2 is 1.57 bits per heavy atom. The molecule has 2 amide bonds. The fraction of sp³-hybridized carbons (Fsp3) is 0.818. The van der Waals surface area contributed by atoms with Gasteiger partial charge in [-0.3, -0.25) is 19.2 Å². The summed E-state index contributed by atoms with van der Waals surface area (Å²) >= 11 is 0. The number of nitrogens with two attached hydrogens (primary N) is 1. The van der Waals surface area contributed by atoms with Gasteiger partial charge in [-0.25, -0.2) is 0 Å². The van der Waals surface area contributed by atoms with Crippen molar-refractivity contribution in [2.45, 2.75) is 138 Å². The van der Waals surface area contributed by atoms with E-state index in [4.69, 9.17) is 17.3 Å². The number of rotatable bonds is 5. The second kappa shape index (κ2) is 14.0. The van der Waals surface area contributed by atoms with Crippen molar-refractivity contribution in [3.8, 4) is 0 Å². The molecule has 1 aliphatic heterocycles. The highest BCUT2D eigenvalue weighted by atomic mass is 16.8. The van der Waals surface area contributed by atoms with Crippen LogP contribution in [0.1, 0.15) is 133 Å². The molecule has 54 heavy (non-hydrogen) atoms. The molecule has 0 radical (unpaired) electrons. The number of amides is 2. The van der Waals surface area contributed by atoms with E-state index in [-0.39, 0.29) is 6.54 Å². The Hall–Kier alpha value is -2.72. The number of hydrogen-bond acceptors (Lipinski definition) is 8. The minimum absolute atomic E-state index is 0.301. The van der Waals surface area contributed by atoms with Gasteiger partial charge in [0, 0.05) is 0 Å². The molecule has 7 rings (SSSR count). The van der Waals surface area contributed by atoms with E-state index in [1.807, 2.05) is 0 Å². The molecule has 0 aromatic rings. The molecule has 10 heteroatoms. The summed E-state index contributed by atoms with van der Waals surface area (Å²) in [7, 11) is 0. The summed E-state index contributed by atoms with van der Waals surface area (Å²) in [6, 6.07) is 0. The van der Waals surface area contributed by atoms with Crippen molar-refractivity contribution in [2.75, 3.05) is 19.6 Å². The van der Waals surface area contributed by atoms with E-state index in [9.17, 15) is 19.2 Å². The minimum atomic E-state index is -1.83. The van der Waals surface area contributed by atoms with Gasteiger partial charge in [0.2, 0.25) is 11.8 Å². The number of fused-ring (bicyclic) bond motifs is 4. The molecule has 7 aliphatic rings. The summed E-state index contributed by atoms with van der Waals surface area (Å²) in [5.41, 5.74) is 2.64. The molecule has 0 aromatic heterocycles. The summed E-state index contributed by atoms with van der Waals surface area (Å²) in [6.07, 6.45) is 16.3. The van der Waals surface area contributed by atoms with Crippen LogP contribution in [0.15, 0.2) is 24.7 Å². The molecule has 1 heterocycles. The highest BCUT2D eigenvalue weighted by Crippen LogP contribution is 2.80. The average molecular weight is 751 g/mol. The van der Waals surface area contributed by atoms with Gasteiger partial charge in [0.15, 0.2) is 17.1 Å². The van der Waals surface area contributed by atoms with E-state index in [1.165, 1.54) is 77.6 Å². The van der Waals surface area contributed by atoms with Crippen LogP contribution in [-0.2, 0) is 28.9 Å². The molecular formula is C44H70N4O6. The topological polar surface area (TPSA) is 140 Å². The predicted octanol–water partition coefficient (Wildman–Crippen LogP) is 7.04. The van der Waals surface area contributed by atoms with Gasteiger partial charge in [0.1, 0.15) is 6.54 Å². The first kappa shape index (κ1) is 40.9. The number of allylic oxidation sites excluding steroid dienone is 1. The molecule has 10 nitrogen and oxygen atoms in total. The third kappa shape index (κ3) is 6.01. The van der Waals surface area contributed by atoms with Crippen LogP contribution in [-0.4, -0.2) is 53.6 Å². The Bertz CT molecular complexity index is 1580. The molecule has 12 unspecified atom stereocenters. The van der Waals surface area contributed by atoms with Crippen LogP contribution in [0.25, 0.3) is 0 Å². The van der Waals surface area contributed by atoms with Crippen molar-refractivity contribution in [3.63, 3.8) is 0 Å². The van der Waals surface area contributed by atoms with Crippen LogP contribution in [0, 0.1) is 68.5 Å². The largest absolute Gasteiger partial charge is 0.373 e. The van der Waals surface area contributed by atoms with Crippen molar-refractivity contribution in [2.24, 2.45) is 74.4 Å². The van der Waals surface area contributed by atoms with Gasteiger partial charge in [0.05, 0.1) is 13.1 Å². The van der Waals surface area contributed by atoms with E-state index < -0.39 is 48.0 Å². The Kier molecular flexibility index (Phi) is 10.6. The number of hydroxylamine groups is 2. The van der Waals surface area contributed by atoms with E-state index in [0.717, 1.165) is 53.4 Å². The Labute approximate surface area is 324 Å². The molecule has 0 spiro atoms. The summed E-state index contributed by atoms with van der Waals surface area (Å²) < 4.78 is 0. The standard InChI is InChI=1S/C32H52.C12H18N4O6/c1-9-32-15-11-23-20(2)18-22-19-25-29(6)13-10-21(3)28(4,5)24(29)12-14-30(25,7)31(8,16-17-32)26(22)27(23)32;1-7(17)12(3)9(18)4-14-10(19)5-15-11(20)6-16(12)22-8(2)21-13/h21-27H,2,9-19H2,1,3-8H3;2,4-6,13H2,1,3H3,(H,14,19)(H,15,20). The maximum Gasteiger partial charge on any atom is 0.311 e. The van der Waals surface area contributed by atoms with Crippen LogP contribution >= 0.6 is 0 Å². The third-order valence-corrected chi connectivity index (χ3v) is 18.3. The maximum absolute atomic E-state index is 12.3. The molecule has 6 saturated carbocycles. The lowest BCUT2D eigenvalue weighted by Gasteiger charge is -2.75. The van der Waals surface area contributed by atoms with Crippen LogP contribution in [0.3, 0.4) is 0 Å². The van der Waals surface area contributed by atoms with Gasteiger partial charge in [-0.15, -0.1) is 5.06 Å². The van der Waals surface area contributed by atoms with Gasteiger partial charge >= 0.3 is 5.95 Å². The molecule has 0 aromatic carbocycles. The summed E-state index contributed by atoms with van der Waals surface area (Å²) in [5, 5.41) is 5.44. The number of nitrogens with zero attached hydrogens (tertiary/aromatic N) is 1. The molecule has 6 aliphatic carbocycles. The lowest BCUT2D eigenvalue weighted by atomic mass is 9.29. The van der Waals surface area contributed by atoms with Crippen LogP contribution in [0.5, 0.6) is 0 Å². The predicted molar refractivity (Wildman–Crippen MR) is 209 cm³/mol. The van der Waals surface area contributed by atoms with E-state index in [1.54, 1.807) is 5.57 Å². The molecule has 1 saturated heterocycles. The SMILES string of the molecule is C=C(ON)ON1CC(=O)NCC(=O)NCC(=O)C1(C)C(C)=O.C=C1CC2CC3C4(C)CCC(C)C(C)(C)C4CCC3(C)C3(C)CCC4(CC)CCC1C4C23. The number of carbonyl (C=O) groups excluding carboxylic acids is 4. The molecule has 12 atom stereocenters. The highest BCUT2D eigenvalue weighted by Gasteiger charge is 2.73. The summed E-state index contributed by atoms with van der Waals surface area (Å²) in [5.74, 6) is 8.49. The minimum Gasteiger partial charge on any atom is -0.373 e. The van der Waals surface area contributed by atoms with Gasteiger partial charge in [0.25, 0.3) is 0 Å². The van der Waals surface area contributed by atoms with Crippen molar-refractivity contribution in [1.29, 1.82) is 0 Å². The maximum atomic E-state index is 12.3. The Balaban J connectivity index is 0.000000200. The molecule has 4 N–H and O–H groups in total. The third-order valence-electron chi connectivity index (χ3n) is 18.3. The molecule has 302 valence electrons. The summed E-state index contributed by atoms with van der Waals surface area (Å²) in [4.78, 5) is 56.9. The second-order valence-electron chi connectivity index (χ2n) is 20.2. The first-order valence-corrected chi connectivity index (χ1v) is 20.9. The molecule has 7 fully saturated rings. The zero-order valence-corrected chi connectivity index (χ0v) is 34.8. The molecule has 0 bridgehead atoms. The normalized spacial score (nSPS) is 45.6. The molecular weight excluding hydrogens is 681 g/mol. The van der Waals surface area contributed by atoms with E-state index >= 15 is 0 Å². The van der Waals surface area contributed by atoms with Gasteiger partial charge in [-0.05, 0) is 153 Å². The van der Waals surface area contributed by atoms with Crippen LogP contribution in [0.2, 0.25) is 0 Å². The lowest BCUT2D eigenvalue weighted by molar-refractivity contribution is -0.262. The smallest absolute Gasteiger partial charge is 0.311 e. The first-order valence-electron chi connectivity index (χ1n) is 20.9. The van der Waals surface area contributed by atoms with Gasteiger partial charge in [-0.2, -0.15) is 5.90 Å². The second-order valence-corrected chi connectivity index (χ2v) is 20.2. The number of nitrogens with one attached hydrogen (secondary N) is 2. The van der Waals surface area contributed by atoms with Crippen molar-refractivity contribution in [1.82, 2.24) is 15.7 Å². The number of ketones is 2. The number of carbonyl (C=O) groups is 4. The lowest BCUT2D eigenvalue weighted by Crippen LogP contribution is -2.68. The van der Waals surface area contributed by atoms with Crippen molar-refractivity contribution >= 4 is 23.4 Å². The number of Topliss-reactive ketones (excluding diaryl/α,β-unsaturated/α-hetero) is 2. The Morgan fingerprint density at radius 1 is 0.889 bits per heavy atom. The van der Waals surface area contributed by atoms with Gasteiger partial charge < -0.3 is 20.3 Å². The quantitative estimate of drug-likeness (QED) is 0.118. The monoisotopic (exact) mass is 751 g/mol. The zero-order chi connectivity index (χ0) is 39.8. The average Bonchev–Trinajstić information content (AvgIpc) is 3.52.